The number of ether oxygens (including phenoxy) is 2. The van der Waals surface area contributed by atoms with Gasteiger partial charge in [-0.15, -0.1) is 0 Å². The third kappa shape index (κ3) is 9.91. The Bertz CT molecular complexity index is 2490. The standard InChI is InChI=1S/C25H34N4O4S.C18H25ClN2O3S/c1-5-25(3,4)24-27-21-15-20(7-8-22(21)29(24)16-18-10-13-33-14-11-18)34(31,32)28-12-9-19(17-28)23(30)26-6-2;1-4-18(2,3)17-20-15-11-14(25(19,22)23)5-6-16(15)21(17)12-13-7-9-24-10-8-13/h7-9,12,15,17-18H,5-6,10-11,13-14,16H2,1-4H3,(H,26,30);5-6,11,13H,4,7-10,12H2,1-3H3. The van der Waals surface area contributed by atoms with Gasteiger partial charge in [0.1, 0.15) is 11.6 Å². The Morgan fingerprint density at radius 1 is 0.746 bits per heavy atom. The highest BCUT2D eigenvalue weighted by molar-refractivity contribution is 8.13. The number of nitrogens with zero attached hydrogens (tertiary/aromatic N) is 5. The summed E-state index contributed by atoms with van der Waals surface area (Å²) in [5.74, 6) is 2.74. The third-order valence-corrected chi connectivity index (χ3v) is 15.1. The van der Waals surface area contributed by atoms with Crippen molar-refractivity contribution in [3.8, 4) is 0 Å². The number of hydrogen-bond acceptors (Lipinski definition) is 9. The molecule has 16 heteroatoms. The smallest absolute Gasteiger partial charge is 0.267 e. The number of hydrogen-bond donors (Lipinski definition) is 1. The molecule has 0 aliphatic carbocycles. The topological polar surface area (TPSA) is 156 Å². The maximum Gasteiger partial charge on any atom is 0.267 e. The maximum absolute atomic E-state index is 13.3. The predicted octanol–water partition coefficient (Wildman–Crippen LogP) is 8.02. The quantitative estimate of drug-likeness (QED) is 0.116. The molecule has 0 spiro atoms. The largest absolute Gasteiger partial charge is 0.381 e. The number of halogens is 1. The first kappa shape index (κ1) is 44.8. The van der Waals surface area contributed by atoms with Crippen LogP contribution in [0.25, 0.3) is 22.1 Å². The summed E-state index contributed by atoms with van der Waals surface area (Å²) in [7, 11) is -2.12. The van der Waals surface area contributed by atoms with Crippen LogP contribution >= 0.6 is 10.7 Å². The van der Waals surface area contributed by atoms with Gasteiger partial charge in [-0.2, -0.15) is 0 Å². The van der Waals surface area contributed by atoms with Gasteiger partial charge in [-0.05, 0) is 99.7 Å². The molecule has 3 aromatic heterocycles. The number of aromatic nitrogens is 5. The Labute approximate surface area is 353 Å². The summed E-state index contributed by atoms with van der Waals surface area (Å²) in [6.07, 6.45) is 8.73. The fourth-order valence-corrected chi connectivity index (χ4v) is 9.66. The Morgan fingerprint density at radius 3 is 1.64 bits per heavy atom. The van der Waals surface area contributed by atoms with Crippen molar-refractivity contribution < 1.29 is 31.1 Å². The van der Waals surface area contributed by atoms with E-state index < -0.39 is 19.1 Å². The number of rotatable bonds is 13. The van der Waals surface area contributed by atoms with Crippen LogP contribution in [0.1, 0.15) is 109 Å². The van der Waals surface area contributed by atoms with E-state index in [1.165, 1.54) is 18.5 Å². The van der Waals surface area contributed by atoms with Gasteiger partial charge in [0.25, 0.3) is 25.0 Å². The summed E-state index contributed by atoms with van der Waals surface area (Å²) in [6, 6.07) is 11.6. The van der Waals surface area contributed by atoms with Gasteiger partial charge in [0, 0.05) is 80.0 Å². The Balaban J connectivity index is 0.000000208. The summed E-state index contributed by atoms with van der Waals surface area (Å²) in [5, 5.41) is 2.68. The van der Waals surface area contributed by atoms with Crippen LogP contribution in [0.15, 0.2) is 64.6 Å². The van der Waals surface area contributed by atoms with Crippen molar-refractivity contribution >= 4 is 57.7 Å². The zero-order chi connectivity index (χ0) is 42.8. The summed E-state index contributed by atoms with van der Waals surface area (Å²) < 4.78 is 66.6. The van der Waals surface area contributed by atoms with Crippen LogP contribution in [0.4, 0.5) is 0 Å². The van der Waals surface area contributed by atoms with Crippen LogP contribution in [0.2, 0.25) is 0 Å². The van der Waals surface area contributed by atoms with Crippen molar-refractivity contribution in [1.29, 1.82) is 0 Å². The summed E-state index contributed by atoms with van der Waals surface area (Å²) in [5.41, 5.74) is 3.32. The third-order valence-electron chi connectivity index (χ3n) is 12.1. The maximum atomic E-state index is 13.3. The number of carbonyl (C=O) groups excluding carboxylic acids is 1. The van der Waals surface area contributed by atoms with Gasteiger partial charge in [-0.1, -0.05) is 41.5 Å². The molecule has 0 radical (unpaired) electrons. The van der Waals surface area contributed by atoms with E-state index in [0.717, 1.165) is 105 Å². The first-order valence-electron chi connectivity index (χ1n) is 20.7. The Hall–Kier alpha value is -3.76. The molecule has 59 heavy (non-hydrogen) atoms. The zero-order valence-electron chi connectivity index (χ0n) is 35.3. The lowest BCUT2D eigenvalue weighted by Crippen LogP contribution is -2.26. The Kier molecular flexibility index (Phi) is 13.7. The molecule has 2 aliphatic rings. The minimum absolute atomic E-state index is 0.0931. The molecule has 2 fully saturated rings. The molecule has 1 N–H and O–H groups in total. The minimum atomic E-state index is -3.86. The molecule has 0 unspecified atom stereocenters. The fraction of sp³-hybridized carbons (Fsp3) is 0.558. The van der Waals surface area contributed by atoms with Crippen molar-refractivity contribution in [2.24, 2.45) is 11.8 Å². The van der Waals surface area contributed by atoms with Gasteiger partial charge < -0.3 is 23.9 Å². The second-order valence-corrected chi connectivity index (χ2v) is 21.4. The summed E-state index contributed by atoms with van der Waals surface area (Å²) >= 11 is 0. The van der Waals surface area contributed by atoms with Gasteiger partial charge in [-0.25, -0.2) is 30.8 Å². The summed E-state index contributed by atoms with van der Waals surface area (Å²) in [6.45, 7) is 20.2. The van der Waals surface area contributed by atoms with Crippen molar-refractivity contribution in [2.45, 2.75) is 121 Å². The molecular weight excluding hydrogens is 812 g/mol. The van der Waals surface area contributed by atoms with Gasteiger partial charge in [-0.3, -0.25) is 4.79 Å². The molecule has 2 saturated heterocycles. The Morgan fingerprint density at radius 2 is 1.20 bits per heavy atom. The van der Waals surface area contributed by atoms with Crippen LogP contribution in [-0.4, -0.2) is 78.8 Å². The lowest BCUT2D eigenvalue weighted by molar-refractivity contribution is 0.0609. The van der Waals surface area contributed by atoms with E-state index in [1.807, 2.05) is 19.1 Å². The van der Waals surface area contributed by atoms with E-state index in [2.05, 4.69) is 56.0 Å². The first-order valence-corrected chi connectivity index (χ1v) is 24.5. The number of carbonyl (C=O) groups is 1. The normalized spacial score (nSPS) is 16.3. The lowest BCUT2D eigenvalue weighted by atomic mass is 9.89. The van der Waals surface area contributed by atoms with E-state index in [0.29, 0.717) is 35.0 Å². The van der Waals surface area contributed by atoms with Gasteiger partial charge in [0.05, 0.1) is 37.4 Å². The molecule has 0 bridgehead atoms. The predicted molar refractivity (Wildman–Crippen MR) is 231 cm³/mol. The van der Waals surface area contributed by atoms with Crippen molar-refractivity contribution in [1.82, 2.24) is 28.4 Å². The van der Waals surface area contributed by atoms with Crippen LogP contribution in [0.5, 0.6) is 0 Å². The van der Waals surface area contributed by atoms with E-state index in [-0.39, 0.29) is 26.5 Å². The minimum Gasteiger partial charge on any atom is -0.381 e. The first-order chi connectivity index (χ1) is 27.9. The molecule has 13 nitrogen and oxygen atoms in total. The molecule has 5 aromatic rings. The van der Waals surface area contributed by atoms with Gasteiger partial charge >= 0.3 is 0 Å². The number of imidazole rings is 2. The van der Waals surface area contributed by atoms with Crippen LogP contribution < -0.4 is 5.32 Å². The highest BCUT2D eigenvalue weighted by atomic mass is 35.7. The molecule has 1 amide bonds. The number of amides is 1. The van der Waals surface area contributed by atoms with Crippen LogP contribution in [-0.2, 0) is 52.5 Å². The second-order valence-electron chi connectivity index (χ2n) is 17.0. The van der Waals surface area contributed by atoms with Crippen LogP contribution in [0.3, 0.4) is 0 Å². The highest BCUT2D eigenvalue weighted by Crippen LogP contribution is 2.34. The van der Waals surface area contributed by atoms with E-state index >= 15 is 0 Å². The van der Waals surface area contributed by atoms with E-state index in [9.17, 15) is 21.6 Å². The van der Waals surface area contributed by atoms with Gasteiger partial charge in [0.2, 0.25) is 0 Å². The average Bonchev–Trinajstić information content (AvgIpc) is 3.96. The molecule has 322 valence electrons. The summed E-state index contributed by atoms with van der Waals surface area (Å²) in [4.78, 5) is 22.1. The second kappa shape index (κ2) is 18.1. The molecule has 7 rings (SSSR count). The lowest BCUT2D eigenvalue weighted by Gasteiger charge is -2.28. The van der Waals surface area contributed by atoms with E-state index in [1.54, 1.807) is 24.3 Å². The SMILES string of the molecule is CCC(C)(C)c1nc2cc(S(=O)(=O)Cl)ccc2n1CC1CCOCC1.CCNC(=O)c1ccn(S(=O)(=O)c2ccc3c(c2)nc(C(C)(C)CC)n3CC2CCOCC2)c1. The highest BCUT2D eigenvalue weighted by Gasteiger charge is 2.30. The molecule has 0 saturated carbocycles. The molecule has 2 aliphatic heterocycles. The van der Waals surface area contributed by atoms with E-state index in [4.69, 9.17) is 30.1 Å². The fourth-order valence-electron chi connectivity index (χ4n) is 7.67. The van der Waals surface area contributed by atoms with Crippen molar-refractivity contribution in [3.05, 3.63) is 72.1 Å². The number of benzene rings is 2. The van der Waals surface area contributed by atoms with Crippen molar-refractivity contribution in [3.63, 3.8) is 0 Å². The zero-order valence-corrected chi connectivity index (χ0v) is 37.7. The molecule has 0 atom stereocenters. The monoisotopic (exact) mass is 870 g/mol. The molecule has 2 aromatic carbocycles. The molecule has 5 heterocycles. The van der Waals surface area contributed by atoms with Gasteiger partial charge in [0.15, 0.2) is 0 Å². The number of fused-ring (bicyclic) bond motifs is 2. The average molecular weight is 872 g/mol. The van der Waals surface area contributed by atoms with Crippen LogP contribution in [0, 0.1) is 11.8 Å². The van der Waals surface area contributed by atoms with Crippen molar-refractivity contribution in [2.75, 3.05) is 33.0 Å². The molecular formula is C43H59ClN6O7S2. The number of nitrogens with one attached hydrogen (secondary N) is 1.